The number of primary amides is 1. The molecule has 1 aromatic carbocycles. The number of nitrogens with one attached hydrogen (secondary N) is 3. The van der Waals surface area contributed by atoms with Gasteiger partial charge in [0.05, 0.1) is 6.61 Å². The van der Waals surface area contributed by atoms with E-state index in [1.807, 2.05) is 30.3 Å². The first-order valence-electron chi connectivity index (χ1n) is 13.5. The highest BCUT2D eigenvalue weighted by Crippen LogP contribution is 2.07. The summed E-state index contributed by atoms with van der Waals surface area (Å²) in [6.07, 6.45) is 1.12. The number of esters is 1. The van der Waals surface area contributed by atoms with Crippen LogP contribution >= 0.6 is 0 Å². The second-order valence-corrected chi connectivity index (χ2v) is 9.37. The molecule has 1 saturated heterocycles. The first-order chi connectivity index (χ1) is 20.4. The lowest BCUT2D eigenvalue weighted by Crippen LogP contribution is -2.58. The number of ether oxygens (including phenoxy) is 2. The zero-order valence-electron chi connectivity index (χ0n) is 24.2. The van der Waals surface area contributed by atoms with Crippen molar-refractivity contribution in [2.45, 2.75) is 39.5 Å². The van der Waals surface area contributed by atoms with Crippen molar-refractivity contribution in [3.05, 3.63) is 48.0 Å². The van der Waals surface area contributed by atoms with Gasteiger partial charge in [0.15, 0.2) is 0 Å². The van der Waals surface area contributed by atoms with Crippen molar-refractivity contribution in [2.75, 3.05) is 39.3 Å². The van der Waals surface area contributed by atoms with Gasteiger partial charge in [0.1, 0.15) is 25.2 Å². The topological polar surface area (TPSA) is 210 Å². The number of nitrogens with zero attached hydrogens (tertiary/aromatic N) is 3. The minimum Gasteiger partial charge on any atom is -0.463 e. The van der Waals surface area contributed by atoms with E-state index >= 15 is 0 Å². The molecule has 1 heterocycles. The normalized spacial score (nSPS) is 14.2. The summed E-state index contributed by atoms with van der Waals surface area (Å²) in [5, 5.41) is 5.51. The van der Waals surface area contributed by atoms with Gasteiger partial charge in [-0.15, -0.1) is 0 Å². The van der Waals surface area contributed by atoms with Gasteiger partial charge in [-0.1, -0.05) is 30.3 Å². The third-order valence-corrected chi connectivity index (χ3v) is 5.99. The maximum atomic E-state index is 12.7. The summed E-state index contributed by atoms with van der Waals surface area (Å²) in [6, 6.07) is 6.44. The summed E-state index contributed by atoms with van der Waals surface area (Å²) < 4.78 is 9.98. The van der Waals surface area contributed by atoms with E-state index in [0.717, 1.165) is 17.7 Å². The molecular formula is C27H37N7O9. The minimum absolute atomic E-state index is 0.0812. The number of hydrazine groups is 1. The summed E-state index contributed by atoms with van der Waals surface area (Å²) in [5.41, 5.74) is 8.15. The molecule has 0 unspecified atom stereocenters. The molecule has 0 radical (unpaired) electrons. The van der Waals surface area contributed by atoms with Crippen molar-refractivity contribution in [1.29, 1.82) is 0 Å². The summed E-state index contributed by atoms with van der Waals surface area (Å²) in [5.74, 6) is -4.27. The smallest absolute Gasteiger partial charge is 0.410 e. The van der Waals surface area contributed by atoms with Crippen molar-refractivity contribution in [1.82, 2.24) is 30.9 Å². The predicted octanol–water partition coefficient (Wildman–Crippen LogP) is -0.992. The van der Waals surface area contributed by atoms with Crippen LogP contribution in [-0.4, -0.2) is 108 Å². The Morgan fingerprint density at radius 2 is 1.49 bits per heavy atom. The summed E-state index contributed by atoms with van der Waals surface area (Å²) in [7, 11) is 0. The van der Waals surface area contributed by atoms with Crippen LogP contribution in [0.2, 0.25) is 0 Å². The van der Waals surface area contributed by atoms with Crippen LogP contribution in [-0.2, 0) is 40.1 Å². The Morgan fingerprint density at radius 3 is 2.09 bits per heavy atom. The molecule has 1 aromatic rings. The Balaban J connectivity index is 1.80. The number of benzene rings is 1. The Kier molecular flexibility index (Phi) is 13.4. The average molecular weight is 604 g/mol. The van der Waals surface area contributed by atoms with Gasteiger partial charge in [0.2, 0.25) is 11.8 Å². The van der Waals surface area contributed by atoms with E-state index < -0.39 is 60.4 Å². The van der Waals surface area contributed by atoms with Gasteiger partial charge in [0, 0.05) is 38.3 Å². The molecule has 5 N–H and O–H groups in total. The standard InChI is InChI=1S/C27H37N7O9/c1-4-42-23(37)11-10-22(36)34(16-21(28)35)31-25(39)19(3)29-24(38)18(2)30-26(40)32-12-14-33(15-13-32)27(41)43-17-20-8-6-5-7-9-20/h5-11,18-19H,4,12-17H2,1-3H3,(H2,28,35)(H,29,38)(H,30,40)(H,31,39)/b11-10+/t18-,19+/m1/s1. The molecule has 234 valence electrons. The first kappa shape index (κ1) is 34.1. The Bertz CT molecular complexity index is 1200. The van der Waals surface area contributed by atoms with E-state index in [1.54, 1.807) is 6.92 Å². The van der Waals surface area contributed by atoms with Crippen LogP contribution in [0.1, 0.15) is 26.3 Å². The van der Waals surface area contributed by atoms with E-state index in [1.165, 1.54) is 23.6 Å². The fraction of sp³-hybridized carbons (Fsp3) is 0.444. The zero-order chi connectivity index (χ0) is 31.9. The van der Waals surface area contributed by atoms with Crippen LogP contribution in [0.15, 0.2) is 42.5 Å². The van der Waals surface area contributed by atoms with Gasteiger partial charge < -0.3 is 35.6 Å². The number of piperazine rings is 1. The Hall–Kier alpha value is -5.15. The van der Waals surface area contributed by atoms with Crippen molar-refractivity contribution in [3.8, 4) is 0 Å². The molecule has 1 fully saturated rings. The van der Waals surface area contributed by atoms with Gasteiger partial charge in [-0.3, -0.25) is 24.6 Å². The number of hydrogen-bond donors (Lipinski definition) is 4. The average Bonchev–Trinajstić information content (AvgIpc) is 2.98. The molecule has 0 bridgehead atoms. The SMILES string of the molecule is CCOC(=O)/C=C/C(=O)N(CC(N)=O)NC(=O)[C@H](C)NC(=O)[C@@H](C)NC(=O)N1CCN(C(=O)OCc2ccccc2)CC1. The molecule has 0 aromatic heterocycles. The van der Waals surface area contributed by atoms with Crippen molar-refractivity contribution < 1.29 is 43.0 Å². The van der Waals surface area contributed by atoms with Crippen LogP contribution in [0.25, 0.3) is 0 Å². The number of carbonyl (C=O) groups is 7. The third-order valence-electron chi connectivity index (χ3n) is 5.99. The zero-order valence-corrected chi connectivity index (χ0v) is 24.2. The van der Waals surface area contributed by atoms with Gasteiger partial charge in [-0.2, -0.15) is 0 Å². The summed E-state index contributed by atoms with van der Waals surface area (Å²) >= 11 is 0. The van der Waals surface area contributed by atoms with Crippen LogP contribution in [0.4, 0.5) is 9.59 Å². The van der Waals surface area contributed by atoms with Crippen molar-refractivity contribution >= 4 is 41.7 Å². The highest BCUT2D eigenvalue weighted by Gasteiger charge is 2.28. The molecule has 1 aliphatic heterocycles. The highest BCUT2D eigenvalue weighted by molar-refractivity contribution is 5.98. The van der Waals surface area contributed by atoms with Crippen molar-refractivity contribution in [3.63, 3.8) is 0 Å². The quantitative estimate of drug-likeness (QED) is 0.139. The van der Waals surface area contributed by atoms with Gasteiger partial charge >= 0.3 is 18.1 Å². The highest BCUT2D eigenvalue weighted by atomic mass is 16.6. The minimum atomic E-state index is -1.20. The largest absolute Gasteiger partial charge is 0.463 e. The molecule has 43 heavy (non-hydrogen) atoms. The van der Waals surface area contributed by atoms with E-state index in [-0.39, 0.29) is 39.4 Å². The fourth-order valence-electron chi connectivity index (χ4n) is 3.63. The molecule has 0 spiro atoms. The monoisotopic (exact) mass is 603 g/mol. The van der Waals surface area contributed by atoms with E-state index in [4.69, 9.17) is 10.5 Å². The van der Waals surface area contributed by atoms with Crippen LogP contribution < -0.4 is 21.8 Å². The first-order valence-corrected chi connectivity index (χ1v) is 13.5. The number of hydrogen-bond acceptors (Lipinski definition) is 9. The third kappa shape index (κ3) is 11.7. The number of carbonyl (C=O) groups excluding carboxylic acids is 7. The second kappa shape index (κ2) is 17.0. The molecule has 1 aliphatic rings. The fourth-order valence-corrected chi connectivity index (χ4v) is 3.63. The van der Waals surface area contributed by atoms with E-state index in [2.05, 4.69) is 20.8 Å². The summed E-state index contributed by atoms with van der Waals surface area (Å²) in [4.78, 5) is 88.3. The lowest BCUT2D eigenvalue weighted by Gasteiger charge is -2.34. The van der Waals surface area contributed by atoms with Crippen LogP contribution in [0.5, 0.6) is 0 Å². The van der Waals surface area contributed by atoms with Gasteiger partial charge in [0.25, 0.3) is 11.8 Å². The Morgan fingerprint density at radius 1 is 0.884 bits per heavy atom. The maximum absolute atomic E-state index is 12.7. The Labute approximate surface area is 248 Å². The lowest BCUT2D eigenvalue weighted by atomic mass is 10.2. The number of rotatable bonds is 11. The molecule has 2 atom stereocenters. The number of urea groups is 1. The van der Waals surface area contributed by atoms with Crippen LogP contribution in [0.3, 0.4) is 0 Å². The molecule has 2 rings (SSSR count). The van der Waals surface area contributed by atoms with Gasteiger partial charge in [-0.05, 0) is 26.3 Å². The summed E-state index contributed by atoms with van der Waals surface area (Å²) in [6.45, 7) is 4.74. The molecule has 0 aliphatic carbocycles. The molecule has 16 nitrogen and oxygen atoms in total. The second-order valence-electron chi connectivity index (χ2n) is 9.37. The van der Waals surface area contributed by atoms with Gasteiger partial charge in [-0.25, -0.2) is 19.4 Å². The molecule has 16 heteroatoms. The van der Waals surface area contributed by atoms with Crippen LogP contribution in [0, 0.1) is 0 Å². The number of amides is 7. The predicted molar refractivity (Wildman–Crippen MR) is 150 cm³/mol. The number of nitrogens with two attached hydrogens (primary N) is 1. The van der Waals surface area contributed by atoms with E-state index in [0.29, 0.717) is 5.01 Å². The van der Waals surface area contributed by atoms with Crippen molar-refractivity contribution in [2.24, 2.45) is 5.73 Å². The molecule has 0 saturated carbocycles. The lowest BCUT2D eigenvalue weighted by molar-refractivity contribution is -0.142. The van der Waals surface area contributed by atoms with E-state index in [9.17, 15) is 33.6 Å². The molecule has 7 amide bonds. The maximum Gasteiger partial charge on any atom is 0.410 e. The molecular weight excluding hydrogens is 566 g/mol.